The number of para-hydroxylation sites is 2. The molecule has 0 saturated carbocycles. The first-order valence-electron chi connectivity index (χ1n) is 6.98. The number of carbonyl (C=O) groups is 1. The van der Waals surface area contributed by atoms with Gasteiger partial charge < -0.3 is 20.1 Å². The minimum Gasteiger partial charge on any atom is -0.497 e. The Kier molecular flexibility index (Phi) is 5.25. The Bertz CT molecular complexity index is 626. The first-order valence-corrected chi connectivity index (χ1v) is 6.98. The maximum Gasteiger partial charge on any atom is 0.319 e. The molecular weight excluding hydrogens is 280 g/mol. The summed E-state index contributed by atoms with van der Waals surface area (Å²) in [5.41, 5.74) is 1.63. The molecular formula is C17H20N2O3. The average molecular weight is 300 g/mol. The lowest BCUT2D eigenvalue weighted by atomic mass is 10.1. The van der Waals surface area contributed by atoms with E-state index < -0.39 is 0 Å². The molecule has 2 amide bonds. The highest BCUT2D eigenvalue weighted by Crippen LogP contribution is 2.23. The van der Waals surface area contributed by atoms with Gasteiger partial charge >= 0.3 is 6.03 Å². The van der Waals surface area contributed by atoms with Gasteiger partial charge in [-0.05, 0) is 36.8 Å². The Hall–Kier alpha value is -2.69. The van der Waals surface area contributed by atoms with Gasteiger partial charge in [0.1, 0.15) is 11.5 Å². The van der Waals surface area contributed by atoms with Gasteiger partial charge in [0.25, 0.3) is 0 Å². The molecule has 22 heavy (non-hydrogen) atoms. The summed E-state index contributed by atoms with van der Waals surface area (Å²) < 4.78 is 10.3. The normalized spacial score (nSPS) is 11.4. The van der Waals surface area contributed by atoms with Crippen LogP contribution >= 0.6 is 0 Å². The van der Waals surface area contributed by atoms with Gasteiger partial charge in [-0.25, -0.2) is 4.79 Å². The number of hydrogen-bond donors (Lipinski definition) is 2. The summed E-state index contributed by atoms with van der Waals surface area (Å²) in [7, 11) is 3.19. The number of carbonyl (C=O) groups excluding carboxylic acids is 1. The highest BCUT2D eigenvalue weighted by atomic mass is 16.5. The summed E-state index contributed by atoms with van der Waals surface area (Å²) in [6.07, 6.45) is 0. The number of anilines is 1. The Morgan fingerprint density at radius 1 is 1.00 bits per heavy atom. The highest BCUT2D eigenvalue weighted by Gasteiger charge is 2.11. The Balaban J connectivity index is 1.98. The molecule has 2 aromatic carbocycles. The van der Waals surface area contributed by atoms with E-state index in [0.717, 1.165) is 11.3 Å². The number of methoxy groups -OCH3 is 2. The van der Waals surface area contributed by atoms with Gasteiger partial charge in [-0.3, -0.25) is 0 Å². The molecule has 0 heterocycles. The quantitative estimate of drug-likeness (QED) is 0.887. The predicted octanol–water partition coefficient (Wildman–Crippen LogP) is 3.59. The first-order chi connectivity index (χ1) is 10.6. The zero-order valence-corrected chi connectivity index (χ0v) is 12.9. The minimum atomic E-state index is -0.284. The van der Waals surface area contributed by atoms with Gasteiger partial charge in [-0.15, -0.1) is 0 Å². The van der Waals surface area contributed by atoms with E-state index in [1.165, 1.54) is 0 Å². The molecule has 0 radical (unpaired) electrons. The van der Waals surface area contributed by atoms with E-state index in [9.17, 15) is 4.79 Å². The van der Waals surface area contributed by atoms with Crippen LogP contribution in [0.25, 0.3) is 0 Å². The average Bonchev–Trinajstić information content (AvgIpc) is 2.55. The number of ether oxygens (including phenoxy) is 2. The SMILES string of the molecule is COc1ccc([C@H](C)NC(=O)Nc2ccccc2OC)cc1. The lowest BCUT2D eigenvalue weighted by Gasteiger charge is -2.16. The molecule has 2 aromatic rings. The number of amides is 2. The van der Waals surface area contributed by atoms with Crippen molar-refractivity contribution < 1.29 is 14.3 Å². The van der Waals surface area contributed by atoms with E-state index in [4.69, 9.17) is 9.47 Å². The van der Waals surface area contributed by atoms with Crippen LogP contribution in [0.2, 0.25) is 0 Å². The van der Waals surface area contributed by atoms with Crippen molar-refractivity contribution in [1.29, 1.82) is 0 Å². The zero-order chi connectivity index (χ0) is 15.9. The largest absolute Gasteiger partial charge is 0.497 e. The maximum absolute atomic E-state index is 12.1. The van der Waals surface area contributed by atoms with Crippen molar-refractivity contribution in [2.75, 3.05) is 19.5 Å². The van der Waals surface area contributed by atoms with Crippen molar-refractivity contribution in [3.05, 3.63) is 54.1 Å². The highest BCUT2D eigenvalue weighted by molar-refractivity contribution is 5.91. The predicted molar refractivity (Wildman–Crippen MR) is 86.6 cm³/mol. The summed E-state index contributed by atoms with van der Waals surface area (Å²) >= 11 is 0. The molecule has 1 atom stereocenters. The molecule has 0 bridgehead atoms. The molecule has 2 N–H and O–H groups in total. The van der Waals surface area contributed by atoms with Crippen molar-refractivity contribution in [3.8, 4) is 11.5 Å². The van der Waals surface area contributed by atoms with Gasteiger partial charge in [0.15, 0.2) is 0 Å². The Morgan fingerprint density at radius 2 is 1.68 bits per heavy atom. The molecule has 0 fully saturated rings. The lowest BCUT2D eigenvalue weighted by Crippen LogP contribution is -2.31. The van der Waals surface area contributed by atoms with Crippen molar-refractivity contribution in [2.24, 2.45) is 0 Å². The summed E-state index contributed by atoms with van der Waals surface area (Å²) in [5, 5.41) is 5.67. The third-order valence-electron chi connectivity index (χ3n) is 3.32. The van der Waals surface area contributed by atoms with Crippen LogP contribution in [0.4, 0.5) is 10.5 Å². The Labute approximate surface area is 130 Å². The molecule has 0 saturated heterocycles. The van der Waals surface area contributed by atoms with Crippen LogP contribution in [0.3, 0.4) is 0 Å². The summed E-state index contributed by atoms with van der Waals surface area (Å²) in [6, 6.07) is 14.4. The number of hydrogen-bond acceptors (Lipinski definition) is 3. The van der Waals surface area contributed by atoms with Crippen molar-refractivity contribution in [3.63, 3.8) is 0 Å². The molecule has 2 rings (SSSR count). The van der Waals surface area contributed by atoms with E-state index in [1.807, 2.05) is 43.3 Å². The third-order valence-corrected chi connectivity index (χ3v) is 3.32. The second-order valence-corrected chi connectivity index (χ2v) is 4.79. The summed E-state index contributed by atoms with van der Waals surface area (Å²) in [4.78, 5) is 12.1. The molecule has 116 valence electrons. The summed E-state index contributed by atoms with van der Waals surface area (Å²) in [6.45, 7) is 1.92. The second kappa shape index (κ2) is 7.36. The third kappa shape index (κ3) is 3.91. The topological polar surface area (TPSA) is 59.6 Å². The van der Waals surface area contributed by atoms with Gasteiger partial charge in [-0.2, -0.15) is 0 Å². The van der Waals surface area contributed by atoms with Gasteiger partial charge in [-0.1, -0.05) is 24.3 Å². The van der Waals surface area contributed by atoms with E-state index in [2.05, 4.69) is 10.6 Å². The van der Waals surface area contributed by atoms with Crippen molar-refractivity contribution in [1.82, 2.24) is 5.32 Å². The number of benzene rings is 2. The number of rotatable bonds is 5. The zero-order valence-electron chi connectivity index (χ0n) is 12.9. The van der Waals surface area contributed by atoms with E-state index >= 15 is 0 Å². The van der Waals surface area contributed by atoms with Gasteiger partial charge in [0.2, 0.25) is 0 Å². The molecule has 0 aliphatic heterocycles. The fourth-order valence-electron chi connectivity index (χ4n) is 2.08. The maximum atomic E-state index is 12.1. The van der Waals surface area contributed by atoms with Crippen LogP contribution in [-0.4, -0.2) is 20.3 Å². The van der Waals surface area contributed by atoms with Crippen LogP contribution in [0.5, 0.6) is 11.5 Å². The molecule has 0 unspecified atom stereocenters. The van der Waals surface area contributed by atoms with Crippen LogP contribution < -0.4 is 20.1 Å². The molecule has 0 aromatic heterocycles. The van der Waals surface area contributed by atoms with E-state index in [0.29, 0.717) is 11.4 Å². The van der Waals surface area contributed by atoms with Crippen LogP contribution in [0.1, 0.15) is 18.5 Å². The lowest BCUT2D eigenvalue weighted by molar-refractivity contribution is 0.249. The van der Waals surface area contributed by atoms with Gasteiger partial charge in [0.05, 0.1) is 25.9 Å². The monoisotopic (exact) mass is 300 g/mol. The molecule has 0 aliphatic rings. The van der Waals surface area contributed by atoms with E-state index in [1.54, 1.807) is 26.4 Å². The first kappa shape index (κ1) is 15.7. The molecule has 0 spiro atoms. The number of nitrogens with one attached hydrogen (secondary N) is 2. The smallest absolute Gasteiger partial charge is 0.319 e. The summed E-state index contributed by atoms with van der Waals surface area (Å²) in [5.74, 6) is 1.41. The van der Waals surface area contributed by atoms with Crippen LogP contribution in [0, 0.1) is 0 Å². The standard InChI is InChI=1S/C17H20N2O3/c1-12(13-8-10-14(21-2)11-9-13)18-17(20)19-15-6-4-5-7-16(15)22-3/h4-12H,1-3H3,(H2,18,19,20)/t12-/m0/s1. The van der Waals surface area contributed by atoms with Crippen molar-refractivity contribution >= 4 is 11.7 Å². The van der Waals surface area contributed by atoms with Crippen LogP contribution in [-0.2, 0) is 0 Å². The van der Waals surface area contributed by atoms with Crippen molar-refractivity contribution in [2.45, 2.75) is 13.0 Å². The molecule has 5 nitrogen and oxygen atoms in total. The van der Waals surface area contributed by atoms with E-state index in [-0.39, 0.29) is 12.1 Å². The molecule has 5 heteroatoms. The fourth-order valence-corrected chi connectivity index (χ4v) is 2.08. The van der Waals surface area contributed by atoms with Gasteiger partial charge in [0, 0.05) is 0 Å². The second-order valence-electron chi connectivity index (χ2n) is 4.79. The molecule has 0 aliphatic carbocycles. The fraction of sp³-hybridized carbons (Fsp3) is 0.235. The van der Waals surface area contributed by atoms with Crippen LogP contribution in [0.15, 0.2) is 48.5 Å². The number of urea groups is 1. The minimum absolute atomic E-state index is 0.124. The Morgan fingerprint density at radius 3 is 2.32 bits per heavy atom.